The van der Waals surface area contributed by atoms with Crippen LogP contribution < -0.4 is 10.5 Å². The number of nitrogens with zero attached hydrogens (tertiary/aromatic N) is 3. The minimum Gasteiger partial charge on any atom is -0.484 e. The third-order valence-electron chi connectivity index (χ3n) is 5.40. The highest BCUT2D eigenvalue weighted by Crippen LogP contribution is 2.37. The number of ether oxygens (including phenoxy) is 1. The number of pyridine rings is 1. The molecule has 6 nitrogen and oxygen atoms in total. The van der Waals surface area contributed by atoms with Crippen molar-refractivity contribution < 1.29 is 13.9 Å². The number of amides is 1. The van der Waals surface area contributed by atoms with Crippen LogP contribution in [0, 0.1) is 5.95 Å². The first-order valence-electron chi connectivity index (χ1n) is 10.3. The quantitative estimate of drug-likeness (QED) is 0.287. The van der Waals surface area contributed by atoms with Gasteiger partial charge in [-0.3, -0.25) is 9.36 Å². The Morgan fingerprint density at radius 2 is 1.91 bits per heavy atom. The molecule has 1 amide bonds. The largest absolute Gasteiger partial charge is 0.484 e. The molecule has 0 aliphatic heterocycles. The number of halogens is 2. The van der Waals surface area contributed by atoms with Crippen molar-refractivity contribution in [3.8, 4) is 21.9 Å². The first kappa shape index (κ1) is 22.1. The summed E-state index contributed by atoms with van der Waals surface area (Å²) in [6.07, 6.45) is 2.77. The van der Waals surface area contributed by atoms with Gasteiger partial charge >= 0.3 is 0 Å². The van der Waals surface area contributed by atoms with Crippen LogP contribution in [-0.4, -0.2) is 20.4 Å². The minimum atomic E-state index is -0.576. The molecule has 0 aliphatic carbocycles. The fourth-order valence-corrected chi connectivity index (χ4v) is 4.93. The number of carbonyl (C=O) groups excluding carboxylic acids is 1. The van der Waals surface area contributed by atoms with Gasteiger partial charge in [-0.2, -0.15) is 4.39 Å². The number of thiophene rings is 1. The maximum absolute atomic E-state index is 13.2. The van der Waals surface area contributed by atoms with E-state index < -0.39 is 11.9 Å². The fourth-order valence-electron chi connectivity index (χ4n) is 3.71. The van der Waals surface area contributed by atoms with E-state index in [1.165, 1.54) is 23.6 Å². The van der Waals surface area contributed by atoms with Gasteiger partial charge in [0.2, 0.25) is 5.95 Å². The number of benzene rings is 2. The van der Waals surface area contributed by atoms with Gasteiger partial charge in [0.1, 0.15) is 28.1 Å². The molecule has 1 atom stereocenters. The highest BCUT2D eigenvalue weighted by atomic mass is 35.5. The van der Waals surface area contributed by atoms with Crippen LogP contribution in [0.3, 0.4) is 0 Å². The standard InChI is InChI=1S/C25H18ClFN4O2S/c1-14(17-4-2-3-5-18(17)26)33-21-11-23(34-24(21)25(28)32)31-13-30-19-10-15(6-8-20(19)31)16-7-9-22(27)29-12-16/h2-14H,1H3,(H2,28,32)/t14-/m1/s1. The first-order chi connectivity index (χ1) is 16.4. The molecule has 0 saturated carbocycles. The monoisotopic (exact) mass is 492 g/mol. The predicted molar refractivity (Wildman–Crippen MR) is 131 cm³/mol. The van der Waals surface area contributed by atoms with E-state index in [1.54, 1.807) is 24.5 Å². The zero-order chi connectivity index (χ0) is 23.8. The molecular formula is C25H18ClFN4O2S. The lowest BCUT2D eigenvalue weighted by molar-refractivity contribution is 0.0998. The molecule has 5 aromatic rings. The summed E-state index contributed by atoms with van der Waals surface area (Å²) < 4.78 is 21.1. The molecule has 0 spiro atoms. The van der Waals surface area contributed by atoms with Gasteiger partial charge in [-0.1, -0.05) is 35.9 Å². The molecule has 34 heavy (non-hydrogen) atoms. The maximum atomic E-state index is 13.2. The summed E-state index contributed by atoms with van der Waals surface area (Å²) in [7, 11) is 0. The Morgan fingerprint density at radius 1 is 1.12 bits per heavy atom. The van der Waals surface area contributed by atoms with Crippen LogP contribution in [0.4, 0.5) is 4.39 Å². The molecule has 0 aliphatic rings. The Bertz CT molecular complexity index is 1510. The molecule has 0 saturated heterocycles. The Hall–Kier alpha value is -3.75. The summed E-state index contributed by atoms with van der Waals surface area (Å²) in [5.41, 5.74) is 9.68. The molecule has 0 radical (unpaired) electrons. The third-order valence-corrected chi connectivity index (χ3v) is 6.88. The zero-order valence-corrected chi connectivity index (χ0v) is 19.5. The van der Waals surface area contributed by atoms with Gasteiger partial charge < -0.3 is 10.5 Å². The SMILES string of the molecule is C[C@@H](Oc1cc(-n2cnc3cc(-c4ccc(F)nc4)ccc32)sc1C(N)=O)c1ccccc1Cl. The van der Waals surface area contributed by atoms with Crippen molar-refractivity contribution in [1.82, 2.24) is 14.5 Å². The van der Waals surface area contributed by atoms with Crippen molar-refractivity contribution in [3.05, 3.63) is 94.6 Å². The lowest BCUT2D eigenvalue weighted by Gasteiger charge is -2.16. The summed E-state index contributed by atoms with van der Waals surface area (Å²) in [5, 5.41) is 1.31. The lowest BCUT2D eigenvalue weighted by Crippen LogP contribution is -2.12. The number of primary amides is 1. The van der Waals surface area contributed by atoms with Gasteiger partial charge in [0.15, 0.2) is 0 Å². The second-order valence-corrected chi connectivity index (χ2v) is 9.05. The van der Waals surface area contributed by atoms with E-state index in [-0.39, 0.29) is 6.10 Å². The zero-order valence-electron chi connectivity index (χ0n) is 17.9. The van der Waals surface area contributed by atoms with E-state index in [2.05, 4.69) is 9.97 Å². The highest BCUT2D eigenvalue weighted by molar-refractivity contribution is 7.16. The fraction of sp³-hybridized carbons (Fsp3) is 0.0800. The van der Waals surface area contributed by atoms with E-state index in [4.69, 9.17) is 22.1 Å². The molecule has 2 N–H and O–H groups in total. The van der Waals surface area contributed by atoms with E-state index in [0.717, 1.165) is 32.7 Å². The average molecular weight is 493 g/mol. The Kier molecular flexibility index (Phi) is 5.77. The molecule has 3 heterocycles. The number of imidazole rings is 1. The van der Waals surface area contributed by atoms with Crippen molar-refractivity contribution >= 4 is 39.9 Å². The van der Waals surface area contributed by atoms with E-state index in [9.17, 15) is 9.18 Å². The topological polar surface area (TPSA) is 83.0 Å². The molecule has 0 fully saturated rings. The van der Waals surface area contributed by atoms with Crippen molar-refractivity contribution in [2.75, 3.05) is 0 Å². The second-order valence-electron chi connectivity index (χ2n) is 7.61. The number of fused-ring (bicyclic) bond motifs is 1. The van der Waals surface area contributed by atoms with Crippen molar-refractivity contribution in [2.45, 2.75) is 13.0 Å². The number of carbonyl (C=O) groups is 1. The Labute approximate surface area is 203 Å². The average Bonchev–Trinajstić information content (AvgIpc) is 3.43. The van der Waals surface area contributed by atoms with Crippen LogP contribution in [-0.2, 0) is 0 Å². The van der Waals surface area contributed by atoms with Crippen LogP contribution in [0.2, 0.25) is 5.02 Å². The normalized spacial score (nSPS) is 12.1. The van der Waals surface area contributed by atoms with Crippen molar-refractivity contribution in [1.29, 1.82) is 0 Å². The molecule has 170 valence electrons. The highest BCUT2D eigenvalue weighted by Gasteiger charge is 2.21. The summed E-state index contributed by atoms with van der Waals surface area (Å²) in [5.74, 6) is -0.720. The van der Waals surface area contributed by atoms with Crippen LogP contribution in [0.1, 0.15) is 28.3 Å². The van der Waals surface area contributed by atoms with Gasteiger partial charge in [0, 0.05) is 28.4 Å². The van der Waals surface area contributed by atoms with Gasteiger partial charge in [-0.15, -0.1) is 11.3 Å². The van der Waals surface area contributed by atoms with Crippen LogP contribution >= 0.6 is 22.9 Å². The molecule has 3 aromatic heterocycles. The van der Waals surface area contributed by atoms with Crippen LogP contribution in [0.5, 0.6) is 5.75 Å². The number of hydrogen-bond donors (Lipinski definition) is 1. The summed E-state index contributed by atoms with van der Waals surface area (Å²) >= 11 is 7.52. The van der Waals surface area contributed by atoms with Gasteiger partial charge in [0.25, 0.3) is 5.91 Å². The molecule has 9 heteroatoms. The molecule has 2 aromatic carbocycles. The molecular weight excluding hydrogens is 475 g/mol. The minimum absolute atomic E-state index is 0.310. The second kappa shape index (κ2) is 8.89. The summed E-state index contributed by atoms with van der Waals surface area (Å²) in [4.78, 5) is 20.7. The lowest BCUT2D eigenvalue weighted by atomic mass is 10.1. The third kappa shape index (κ3) is 4.13. The van der Waals surface area contributed by atoms with Gasteiger partial charge in [0.05, 0.1) is 11.0 Å². The van der Waals surface area contributed by atoms with E-state index >= 15 is 0 Å². The number of nitrogens with two attached hydrogens (primary N) is 1. The van der Waals surface area contributed by atoms with E-state index in [1.807, 2.05) is 47.9 Å². The number of hydrogen-bond acceptors (Lipinski definition) is 5. The Balaban J connectivity index is 1.50. The maximum Gasteiger partial charge on any atom is 0.262 e. The Morgan fingerprint density at radius 3 is 2.65 bits per heavy atom. The summed E-state index contributed by atoms with van der Waals surface area (Å²) in [6, 6.07) is 17.9. The van der Waals surface area contributed by atoms with Crippen LogP contribution in [0.25, 0.3) is 27.2 Å². The van der Waals surface area contributed by atoms with Crippen molar-refractivity contribution in [2.24, 2.45) is 5.73 Å². The molecule has 0 bridgehead atoms. The molecule has 0 unspecified atom stereocenters. The van der Waals surface area contributed by atoms with Gasteiger partial charge in [-0.25, -0.2) is 9.97 Å². The summed E-state index contributed by atoms with van der Waals surface area (Å²) in [6.45, 7) is 1.86. The predicted octanol–water partition coefficient (Wildman–Crippen LogP) is 6.18. The van der Waals surface area contributed by atoms with Crippen molar-refractivity contribution in [3.63, 3.8) is 0 Å². The van der Waals surface area contributed by atoms with Crippen LogP contribution in [0.15, 0.2) is 73.2 Å². The first-order valence-corrected chi connectivity index (χ1v) is 11.5. The molecule has 5 rings (SSSR count). The van der Waals surface area contributed by atoms with Gasteiger partial charge in [-0.05, 0) is 42.8 Å². The number of aromatic nitrogens is 3. The smallest absolute Gasteiger partial charge is 0.262 e. The number of rotatable bonds is 6. The van der Waals surface area contributed by atoms with E-state index in [0.29, 0.717) is 15.6 Å².